The maximum Gasteiger partial charge on any atom is 0.257 e. The minimum atomic E-state index is -0.287. The Morgan fingerprint density at radius 2 is 1.75 bits per heavy atom. The van der Waals surface area contributed by atoms with Gasteiger partial charge in [0, 0.05) is 32.7 Å². The lowest BCUT2D eigenvalue weighted by Crippen LogP contribution is -2.43. The van der Waals surface area contributed by atoms with Gasteiger partial charge in [-0.05, 0) is 61.6 Å². The number of halogens is 1. The third kappa shape index (κ3) is 5.41. The Kier molecular flexibility index (Phi) is 7.30. The second kappa shape index (κ2) is 10.3. The number of likely N-dealkylation sites (tertiary alicyclic amines) is 1. The molecule has 6 heteroatoms. The summed E-state index contributed by atoms with van der Waals surface area (Å²) in [4.78, 5) is 17.5. The lowest BCUT2D eigenvalue weighted by atomic mass is 10.0. The van der Waals surface area contributed by atoms with Crippen LogP contribution < -0.4 is 9.47 Å². The fraction of sp³-hybridized carbons (Fsp3) is 0.500. The SMILES string of the molecule is COc1ccc(OC2CCN(C3CCCC3)CC2)c(C(=O)N(C)Cc2ccc(F)cc2)c1. The van der Waals surface area contributed by atoms with E-state index in [-0.39, 0.29) is 17.8 Å². The number of carbonyl (C=O) groups is 1. The standard InChI is InChI=1S/C26H33FN2O3/c1-28(18-19-7-9-20(27)10-8-19)26(30)24-17-23(31-2)11-12-25(24)32-22-13-15-29(16-14-22)21-5-3-4-6-21/h7-12,17,21-22H,3-6,13-16,18H2,1-2H3. The van der Waals surface area contributed by atoms with Crippen LogP contribution in [-0.4, -0.2) is 55.1 Å². The molecule has 2 fully saturated rings. The zero-order valence-corrected chi connectivity index (χ0v) is 19.1. The smallest absolute Gasteiger partial charge is 0.257 e. The Morgan fingerprint density at radius 1 is 1.06 bits per heavy atom. The minimum absolute atomic E-state index is 0.106. The van der Waals surface area contributed by atoms with Crippen molar-refractivity contribution in [2.75, 3.05) is 27.2 Å². The van der Waals surface area contributed by atoms with Gasteiger partial charge >= 0.3 is 0 Å². The molecule has 0 unspecified atom stereocenters. The lowest BCUT2D eigenvalue weighted by molar-refractivity contribution is 0.0709. The molecule has 1 aliphatic heterocycles. The molecule has 0 spiro atoms. The van der Waals surface area contributed by atoms with E-state index in [1.165, 1.54) is 37.8 Å². The third-order valence-corrected chi connectivity index (χ3v) is 6.71. The average Bonchev–Trinajstić information content (AvgIpc) is 3.36. The van der Waals surface area contributed by atoms with E-state index in [4.69, 9.17) is 9.47 Å². The Bertz CT molecular complexity index is 904. The molecule has 0 aromatic heterocycles. The molecule has 0 N–H and O–H groups in total. The number of methoxy groups -OCH3 is 1. The number of rotatable bonds is 7. The summed E-state index contributed by atoms with van der Waals surface area (Å²) in [5, 5.41) is 0. The molecule has 1 heterocycles. The van der Waals surface area contributed by atoms with E-state index < -0.39 is 0 Å². The minimum Gasteiger partial charge on any atom is -0.497 e. The quantitative estimate of drug-likeness (QED) is 0.615. The van der Waals surface area contributed by atoms with Crippen LogP contribution in [0.15, 0.2) is 42.5 Å². The van der Waals surface area contributed by atoms with Gasteiger partial charge in [-0.25, -0.2) is 4.39 Å². The molecule has 2 aromatic rings. The summed E-state index contributed by atoms with van der Waals surface area (Å²) in [5.41, 5.74) is 1.36. The van der Waals surface area contributed by atoms with Crippen molar-refractivity contribution in [3.8, 4) is 11.5 Å². The van der Waals surface area contributed by atoms with Crippen molar-refractivity contribution in [3.63, 3.8) is 0 Å². The van der Waals surface area contributed by atoms with Crippen molar-refractivity contribution in [3.05, 3.63) is 59.4 Å². The highest BCUT2D eigenvalue weighted by Crippen LogP contribution is 2.30. The average molecular weight is 441 g/mol. The molecule has 0 bridgehead atoms. The van der Waals surface area contributed by atoms with Crippen LogP contribution in [0.2, 0.25) is 0 Å². The zero-order valence-electron chi connectivity index (χ0n) is 19.1. The van der Waals surface area contributed by atoms with Crippen molar-refractivity contribution >= 4 is 5.91 Å². The molecule has 1 amide bonds. The number of carbonyl (C=O) groups excluding carboxylic acids is 1. The Labute approximate surface area is 190 Å². The predicted molar refractivity (Wildman–Crippen MR) is 123 cm³/mol. The van der Waals surface area contributed by atoms with Crippen LogP contribution in [0.25, 0.3) is 0 Å². The highest BCUT2D eigenvalue weighted by molar-refractivity contribution is 5.97. The summed E-state index contributed by atoms with van der Waals surface area (Å²) in [6.07, 6.45) is 7.40. The van der Waals surface area contributed by atoms with Gasteiger partial charge in [-0.2, -0.15) is 0 Å². The Balaban J connectivity index is 1.43. The molecule has 0 radical (unpaired) electrons. The highest BCUT2D eigenvalue weighted by Gasteiger charge is 2.29. The van der Waals surface area contributed by atoms with Crippen LogP contribution in [0.3, 0.4) is 0 Å². The monoisotopic (exact) mass is 440 g/mol. The molecule has 172 valence electrons. The van der Waals surface area contributed by atoms with E-state index in [1.807, 2.05) is 12.1 Å². The molecule has 2 aliphatic rings. The summed E-state index contributed by atoms with van der Waals surface area (Å²) < 4.78 is 24.9. The largest absolute Gasteiger partial charge is 0.497 e. The van der Waals surface area contributed by atoms with Crippen LogP contribution in [0.4, 0.5) is 4.39 Å². The number of benzene rings is 2. The number of piperidine rings is 1. The van der Waals surface area contributed by atoms with Gasteiger partial charge in [0.1, 0.15) is 23.4 Å². The number of nitrogens with zero attached hydrogens (tertiary/aromatic N) is 2. The highest BCUT2D eigenvalue weighted by atomic mass is 19.1. The topological polar surface area (TPSA) is 42.0 Å². The van der Waals surface area contributed by atoms with E-state index in [2.05, 4.69) is 4.90 Å². The zero-order chi connectivity index (χ0) is 22.5. The maximum atomic E-state index is 13.3. The van der Waals surface area contributed by atoms with Crippen molar-refractivity contribution < 1.29 is 18.7 Å². The fourth-order valence-corrected chi connectivity index (χ4v) is 4.85. The summed E-state index contributed by atoms with van der Waals surface area (Å²) in [7, 11) is 3.33. The van der Waals surface area contributed by atoms with E-state index >= 15 is 0 Å². The summed E-state index contributed by atoms with van der Waals surface area (Å²) in [6, 6.07) is 12.4. The van der Waals surface area contributed by atoms with E-state index in [0.29, 0.717) is 23.6 Å². The van der Waals surface area contributed by atoms with E-state index in [1.54, 1.807) is 37.3 Å². The molecule has 1 saturated heterocycles. The van der Waals surface area contributed by atoms with Gasteiger partial charge in [0.25, 0.3) is 5.91 Å². The van der Waals surface area contributed by atoms with Gasteiger partial charge in [0.15, 0.2) is 0 Å². The molecule has 4 rings (SSSR count). The molecular formula is C26H33FN2O3. The first-order valence-electron chi connectivity index (χ1n) is 11.6. The molecule has 0 atom stereocenters. The molecule has 1 aliphatic carbocycles. The Hall–Kier alpha value is -2.60. The van der Waals surface area contributed by atoms with Gasteiger partial charge in [0.2, 0.25) is 0 Å². The summed E-state index contributed by atoms with van der Waals surface area (Å²) in [5.74, 6) is 0.782. The first-order valence-corrected chi connectivity index (χ1v) is 11.6. The van der Waals surface area contributed by atoms with Gasteiger partial charge < -0.3 is 19.3 Å². The Morgan fingerprint density at radius 3 is 2.41 bits per heavy atom. The summed E-state index contributed by atoms with van der Waals surface area (Å²) in [6.45, 7) is 2.49. The molecule has 1 saturated carbocycles. The molecule has 32 heavy (non-hydrogen) atoms. The molecular weight excluding hydrogens is 407 g/mol. The lowest BCUT2D eigenvalue weighted by Gasteiger charge is -2.36. The first-order chi connectivity index (χ1) is 15.5. The van der Waals surface area contributed by atoms with Crippen LogP contribution in [0.5, 0.6) is 11.5 Å². The van der Waals surface area contributed by atoms with E-state index in [0.717, 1.165) is 37.5 Å². The first kappa shape index (κ1) is 22.6. The van der Waals surface area contributed by atoms with Crippen molar-refractivity contribution in [1.29, 1.82) is 0 Å². The van der Waals surface area contributed by atoms with Crippen LogP contribution in [-0.2, 0) is 6.54 Å². The number of hydrogen-bond acceptors (Lipinski definition) is 4. The predicted octanol–water partition coefficient (Wildman–Crippen LogP) is 4.89. The van der Waals surface area contributed by atoms with Crippen molar-refractivity contribution in [2.24, 2.45) is 0 Å². The second-order valence-corrected chi connectivity index (χ2v) is 8.94. The molecule has 2 aromatic carbocycles. The van der Waals surface area contributed by atoms with Gasteiger partial charge in [-0.15, -0.1) is 0 Å². The third-order valence-electron chi connectivity index (χ3n) is 6.71. The summed E-state index contributed by atoms with van der Waals surface area (Å²) >= 11 is 0. The van der Waals surface area contributed by atoms with Crippen molar-refractivity contribution in [1.82, 2.24) is 9.80 Å². The second-order valence-electron chi connectivity index (χ2n) is 8.94. The van der Waals surface area contributed by atoms with Gasteiger partial charge in [-0.1, -0.05) is 25.0 Å². The van der Waals surface area contributed by atoms with E-state index in [9.17, 15) is 9.18 Å². The van der Waals surface area contributed by atoms with Crippen LogP contribution in [0, 0.1) is 5.82 Å². The van der Waals surface area contributed by atoms with Gasteiger partial charge in [-0.3, -0.25) is 4.79 Å². The normalized spacial score (nSPS) is 18.0. The van der Waals surface area contributed by atoms with Crippen molar-refractivity contribution in [2.45, 2.75) is 57.2 Å². The number of ether oxygens (including phenoxy) is 2. The molecule has 5 nitrogen and oxygen atoms in total. The number of hydrogen-bond donors (Lipinski definition) is 0. The maximum absolute atomic E-state index is 13.3. The van der Waals surface area contributed by atoms with Gasteiger partial charge in [0.05, 0.1) is 12.7 Å². The number of amides is 1. The van der Waals surface area contributed by atoms with Crippen LogP contribution in [0.1, 0.15) is 54.4 Å². The van der Waals surface area contributed by atoms with Crippen LogP contribution >= 0.6 is 0 Å². The fourth-order valence-electron chi connectivity index (χ4n) is 4.85.